The highest BCUT2D eigenvalue weighted by Gasteiger charge is 2.45. The molecule has 36 heteroatoms. The van der Waals surface area contributed by atoms with Gasteiger partial charge in [0.05, 0.1) is 48.6 Å². The molecule has 0 radical (unpaired) electrons. The molecule has 0 bridgehead atoms. The van der Waals surface area contributed by atoms with Gasteiger partial charge in [0.1, 0.15) is 54.1 Å². The molecule has 9 heterocycles. The van der Waals surface area contributed by atoms with Crippen molar-refractivity contribution in [2.45, 2.75) is 88.4 Å². The minimum absolute atomic E-state index is 0.0433. The van der Waals surface area contributed by atoms with E-state index in [-0.39, 0.29) is 93.7 Å². The van der Waals surface area contributed by atoms with Gasteiger partial charge in [-0.05, 0) is 74.7 Å². The van der Waals surface area contributed by atoms with E-state index < -0.39 is 108 Å². The molecular formula is C69H65Br2ClF6N12O12S3. The zero-order chi connectivity index (χ0) is 75.3. The molecule has 0 saturated carbocycles. The number of esters is 3. The van der Waals surface area contributed by atoms with Gasteiger partial charge in [0.2, 0.25) is 0 Å². The zero-order valence-corrected chi connectivity index (χ0v) is 62.0. The predicted octanol–water partition coefficient (Wildman–Crippen LogP) is 11.0. The van der Waals surface area contributed by atoms with Crippen LogP contribution in [-0.2, 0) is 43.0 Å². The number of hydrogen-bond donors (Lipinski definition) is 6. The van der Waals surface area contributed by atoms with Crippen LogP contribution in [0, 0.1) is 17.5 Å². The quantitative estimate of drug-likeness (QED) is 0.0134. The first-order valence-corrected chi connectivity index (χ1v) is 36.9. The van der Waals surface area contributed by atoms with E-state index in [1.807, 2.05) is 0 Å². The van der Waals surface area contributed by atoms with Crippen LogP contribution >= 0.6 is 77.5 Å². The second-order valence-electron chi connectivity index (χ2n) is 23.6. The number of aromatic nitrogens is 3. The number of rotatable bonds is 25. The topological polar surface area (TPSA) is 312 Å². The smallest absolute Gasteiger partial charge is 0.338 e. The number of carbonyl (C=O) groups is 6. The summed E-state index contributed by atoms with van der Waals surface area (Å²) in [6.07, 6.45) is 5.54. The molecule has 554 valence electrons. The Hall–Kier alpha value is -8.81. The van der Waals surface area contributed by atoms with Gasteiger partial charge in [-0.2, -0.15) is 0 Å². The van der Waals surface area contributed by atoms with Crippen LogP contribution in [0.2, 0.25) is 5.02 Å². The van der Waals surface area contributed by atoms with Crippen LogP contribution < -0.4 is 16.0 Å². The van der Waals surface area contributed by atoms with Gasteiger partial charge >= 0.3 is 35.8 Å². The summed E-state index contributed by atoms with van der Waals surface area (Å²) in [5, 5.41) is 43.5. The number of nitrogens with zero attached hydrogens (tertiary/aromatic N) is 9. The second kappa shape index (κ2) is 36.0. The van der Waals surface area contributed by atoms with Crippen molar-refractivity contribution in [2.75, 3.05) is 59.1 Å². The molecule has 0 amide bonds. The van der Waals surface area contributed by atoms with Crippen LogP contribution in [0.3, 0.4) is 0 Å². The molecule has 0 spiro atoms. The number of carboxylic acid groups (broad SMARTS) is 3. The molecule has 3 aromatic carbocycles. The number of thiazole rings is 3. The molecule has 3 fully saturated rings. The maximum Gasteiger partial charge on any atom is 0.338 e. The molecule has 12 rings (SSSR count). The first-order chi connectivity index (χ1) is 50.3. The fourth-order valence-corrected chi connectivity index (χ4v) is 15.1. The van der Waals surface area contributed by atoms with Gasteiger partial charge in [-0.25, -0.2) is 65.3 Å². The van der Waals surface area contributed by atoms with Gasteiger partial charge in [0, 0.05) is 135 Å². The van der Waals surface area contributed by atoms with Crippen LogP contribution in [0.15, 0.2) is 171 Å². The third-order valence-corrected chi connectivity index (χ3v) is 20.9. The maximum absolute atomic E-state index is 14.3. The molecular weight excluding hydrogens is 1590 g/mol. The number of halogens is 9. The molecule has 6 aliphatic rings. The summed E-state index contributed by atoms with van der Waals surface area (Å²) in [6.45, 7) is 5.92. The van der Waals surface area contributed by atoms with Gasteiger partial charge in [-0.1, -0.05) is 73.8 Å². The van der Waals surface area contributed by atoms with Gasteiger partial charge in [0.25, 0.3) is 0 Å². The van der Waals surface area contributed by atoms with E-state index in [4.69, 9.17) is 51.1 Å². The summed E-state index contributed by atoms with van der Waals surface area (Å²) in [6, 6.07) is 7.29. The highest BCUT2D eigenvalue weighted by Crippen LogP contribution is 2.42. The Bertz CT molecular complexity index is 4310. The van der Waals surface area contributed by atoms with Crippen molar-refractivity contribution in [3.63, 3.8) is 0 Å². The van der Waals surface area contributed by atoms with Crippen molar-refractivity contribution in [1.82, 2.24) is 45.6 Å². The Morgan fingerprint density at radius 1 is 0.543 bits per heavy atom. The van der Waals surface area contributed by atoms with Gasteiger partial charge in [-0.3, -0.25) is 34.5 Å². The lowest BCUT2D eigenvalue weighted by molar-refractivity contribution is -0.140. The van der Waals surface area contributed by atoms with Crippen LogP contribution in [0.25, 0.3) is 0 Å². The molecule has 0 aliphatic carbocycles. The summed E-state index contributed by atoms with van der Waals surface area (Å²) in [5.41, 5.74) is 3.30. The predicted molar refractivity (Wildman–Crippen MR) is 385 cm³/mol. The van der Waals surface area contributed by atoms with E-state index in [1.54, 1.807) is 76.3 Å². The fourth-order valence-electron chi connectivity index (χ4n) is 12.0. The molecule has 105 heavy (non-hydrogen) atoms. The monoisotopic (exact) mass is 1660 g/mol. The van der Waals surface area contributed by atoms with Crippen molar-refractivity contribution in [1.29, 1.82) is 0 Å². The van der Waals surface area contributed by atoms with Crippen LogP contribution in [-0.4, -0.2) is 194 Å². The average Bonchev–Trinajstić information content (AvgIpc) is 0.984. The lowest BCUT2D eigenvalue weighted by atomic mass is 9.92. The lowest BCUT2D eigenvalue weighted by Crippen LogP contribution is -2.59. The first-order valence-electron chi connectivity index (χ1n) is 32.3. The number of carboxylic acids is 3. The minimum atomic E-state index is -1.25. The summed E-state index contributed by atoms with van der Waals surface area (Å²) >= 11 is 17.1. The molecule has 3 aromatic heterocycles. The fraction of sp³-hybridized carbons (Fsp3) is 0.333. The normalized spacial score (nSPS) is 22.4. The standard InChI is InChI=1S/C23H23BrF2N4O4S.C23H21BrF2N4O4S.C23H21ClF2N4O4S/c3*1-2-34-23(33)19-16(11-30-10-15(26)17(30)5-6-18(31)32)28-21(22-27-7-8-35-22)29-20(19)13-4-3-12(25)9-14(13)24/h3-4,7-9,15,17,20H,2,5-6,10-11H2,1H3,(H,28,29)(H,31,32);2*3-9,15,17,20H,2,10-11H2,1H3,(H,28,29)(H,31,32)/b;2*6-5+/t3*15?,17?,20-/m000/s1. The molecule has 3 saturated heterocycles. The second-order valence-corrected chi connectivity index (χ2v) is 28.4. The Kier molecular flexibility index (Phi) is 27.0. The maximum atomic E-state index is 14.3. The van der Waals surface area contributed by atoms with Gasteiger partial charge in [-0.15, -0.1) is 34.0 Å². The summed E-state index contributed by atoms with van der Waals surface area (Å²) in [7, 11) is 0. The number of carbonyl (C=O) groups excluding carboxylic acids is 3. The van der Waals surface area contributed by atoms with Crippen LogP contribution in [0.4, 0.5) is 26.3 Å². The van der Waals surface area contributed by atoms with E-state index >= 15 is 0 Å². The number of benzene rings is 3. The van der Waals surface area contributed by atoms with Crippen LogP contribution in [0.5, 0.6) is 0 Å². The lowest BCUT2D eigenvalue weighted by Gasteiger charge is -2.45. The third kappa shape index (κ3) is 19.3. The van der Waals surface area contributed by atoms with Gasteiger partial charge in [0.15, 0.2) is 32.5 Å². The van der Waals surface area contributed by atoms with Crippen molar-refractivity contribution in [3.8, 4) is 0 Å². The Morgan fingerprint density at radius 3 is 1.21 bits per heavy atom. The van der Waals surface area contributed by atoms with Crippen molar-refractivity contribution >= 4 is 131 Å². The molecule has 9 atom stereocenters. The molecule has 6 N–H and O–H groups in total. The number of aliphatic carboxylic acids is 3. The average molecular weight is 1660 g/mol. The molecule has 6 aromatic rings. The number of nitrogens with one attached hydrogen (secondary N) is 3. The highest BCUT2D eigenvalue weighted by molar-refractivity contribution is 9.10. The Balaban J connectivity index is 0.000000169. The molecule has 24 nitrogen and oxygen atoms in total. The van der Waals surface area contributed by atoms with E-state index in [2.05, 4.69) is 67.8 Å². The number of hydrogen-bond acceptors (Lipinski definition) is 24. The van der Waals surface area contributed by atoms with Crippen molar-refractivity contribution in [3.05, 3.63) is 211 Å². The van der Waals surface area contributed by atoms with Crippen molar-refractivity contribution in [2.24, 2.45) is 15.0 Å². The van der Waals surface area contributed by atoms with Gasteiger partial charge < -0.3 is 45.5 Å². The summed E-state index contributed by atoms with van der Waals surface area (Å²) < 4.78 is 101. The summed E-state index contributed by atoms with van der Waals surface area (Å²) in [5.74, 6) is -5.48. The Labute approximate surface area is 629 Å². The SMILES string of the molecule is CCOC(=O)C1=C(CN2CC(F)C2/C=C/C(=O)O)NC(c2nccs2)=N[C@H]1c1ccc(F)cc1Br.CCOC(=O)C1=C(CN2CC(F)C2/C=C/C(=O)O)NC(c2nccs2)=N[C@H]1c1ccc(F)cc1Cl.CCOC(=O)C1=C(CN2CC(F)C2CCC(=O)O)NC(c2nccs2)=N[C@H]1c1ccc(F)cc1Br. The number of aliphatic imine (C=N–C) groups is 3. The van der Waals surface area contributed by atoms with E-state index in [0.717, 1.165) is 18.2 Å². The highest BCUT2D eigenvalue weighted by atomic mass is 79.9. The van der Waals surface area contributed by atoms with E-state index in [0.29, 0.717) is 75.3 Å². The number of ether oxygens (including phenoxy) is 3. The van der Waals surface area contributed by atoms with Crippen LogP contribution in [0.1, 0.15) is 83.5 Å². The number of amidine groups is 3. The van der Waals surface area contributed by atoms with Crippen molar-refractivity contribution < 1.29 is 84.6 Å². The summed E-state index contributed by atoms with van der Waals surface area (Å²) in [4.78, 5) is 104. The largest absolute Gasteiger partial charge is 0.481 e. The first kappa shape index (κ1) is 78.8. The third-order valence-electron chi connectivity index (χ3n) is 16.8. The number of alkyl halides is 3. The molecule has 6 aliphatic heterocycles. The number of likely N-dealkylation sites (tertiary alicyclic amines) is 3. The minimum Gasteiger partial charge on any atom is -0.481 e. The van der Waals surface area contributed by atoms with E-state index in [9.17, 15) is 55.1 Å². The molecule has 6 unspecified atom stereocenters. The Morgan fingerprint density at radius 2 is 0.895 bits per heavy atom. The zero-order valence-electron chi connectivity index (χ0n) is 55.6. The van der Waals surface area contributed by atoms with E-state index in [1.165, 1.54) is 88.6 Å².